The monoisotopic (exact) mass is 332 g/mol. The zero-order chi connectivity index (χ0) is 18.7. The van der Waals surface area contributed by atoms with Gasteiger partial charge in [-0.05, 0) is 42.9 Å². The van der Waals surface area contributed by atoms with Crippen LogP contribution in [0.25, 0.3) is 0 Å². The Kier molecular flexibility index (Phi) is 6.58. The lowest BCUT2D eigenvalue weighted by atomic mass is 9.86. The molecule has 4 heteroatoms. The molecule has 0 fully saturated rings. The van der Waals surface area contributed by atoms with Gasteiger partial charge in [-0.15, -0.1) is 0 Å². The quantitative estimate of drug-likeness (QED) is 0.895. The van der Waals surface area contributed by atoms with Crippen LogP contribution in [0.4, 0.5) is 0 Å². The molecular formula is C20H32N2O2. The van der Waals surface area contributed by atoms with Crippen LogP contribution in [0.1, 0.15) is 64.4 Å². The van der Waals surface area contributed by atoms with Gasteiger partial charge in [0.05, 0.1) is 0 Å². The van der Waals surface area contributed by atoms with Gasteiger partial charge in [-0.25, -0.2) is 0 Å². The number of hydrogen-bond acceptors (Lipinski definition) is 2. The van der Waals surface area contributed by atoms with Crippen molar-refractivity contribution in [2.75, 3.05) is 7.05 Å². The van der Waals surface area contributed by atoms with Crippen molar-refractivity contribution < 1.29 is 9.59 Å². The fraction of sp³-hybridized carbons (Fsp3) is 0.600. The van der Waals surface area contributed by atoms with Gasteiger partial charge in [0.1, 0.15) is 6.04 Å². The molecule has 4 nitrogen and oxygen atoms in total. The first-order chi connectivity index (χ1) is 10.9. The summed E-state index contributed by atoms with van der Waals surface area (Å²) in [6.07, 6.45) is 0. The number of carbonyl (C=O) groups excluding carboxylic acids is 2. The number of benzene rings is 1. The molecule has 0 saturated heterocycles. The second kappa shape index (κ2) is 7.82. The van der Waals surface area contributed by atoms with Crippen molar-refractivity contribution in [1.82, 2.24) is 10.2 Å². The first-order valence-corrected chi connectivity index (χ1v) is 8.63. The van der Waals surface area contributed by atoms with E-state index in [0.29, 0.717) is 5.56 Å². The van der Waals surface area contributed by atoms with E-state index in [0.717, 1.165) is 0 Å². The molecule has 1 rings (SSSR count). The molecule has 1 aromatic carbocycles. The summed E-state index contributed by atoms with van der Waals surface area (Å²) in [7, 11) is 1.77. The number of rotatable bonds is 5. The molecule has 0 heterocycles. The van der Waals surface area contributed by atoms with Crippen molar-refractivity contribution >= 4 is 11.8 Å². The standard InChI is InChI=1S/C20H32N2O2/c1-13(2)17(19(24)22(8)14(3)4)21-18(23)15-9-11-16(12-10-15)20(5,6)7/h9-14,17H,1-8H3,(H,21,23). The fourth-order valence-corrected chi connectivity index (χ4v) is 2.33. The van der Waals surface area contributed by atoms with Gasteiger partial charge in [0, 0.05) is 18.7 Å². The van der Waals surface area contributed by atoms with Crippen molar-refractivity contribution in [2.45, 2.75) is 66.0 Å². The van der Waals surface area contributed by atoms with Crippen molar-refractivity contribution in [3.8, 4) is 0 Å². The van der Waals surface area contributed by atoms with E-state index in [4.69, 9.17) is 0 Å². The van der Waals surface area contributed by atoms with E-state index in [2.05, 4.69) is 26.1 Å². The molecule has 0 bridgehead atoms. The van der Waals surface area contributed by atoms with Gasteiger partial charge in [0.15, 0.2) is 0 Å². The Hall–Kier alpha value is -1.84. The molecule has 1 aromatic rings. The second-order valence-electron chi connectivity index (χ2n) is 8.07. The zero-order valence-corrected chi connectivity index (χ0v) is 16.3. The molecule has 0 aliphatic rings. The van der Waals surface area contributed by atoms with E-state index in [1.165, 1.54) is 5.56 Å². The molecule has 0 aliphatic heterocycles. The van der Waals surface area contributed by atoms with E-state index >= 15 is 0 Å². The zero-order valence-electron chi connectivity index (χ0n) is 16.3. The number of nitrogens with zero attached hydrogens (tertiary/aromatic N) is 1. The summed E-state index contributed by atoms with van der Waals surface area (Å²) in [5, 5.41) is 2.90. The highest BCUT2D eigenvalue weighted by Crippen LogP contribution is 2.22. The Balaban J connectivity index is 2.92. The van der Waals surface area contributed by atoms with Gasteiger partial charge in [0.2, 0.25) is 5.91 Å². The van der Waals surface area contributed by atoms with Crippen LogP contribution in [0.15, 0.2) is 24.3 Å². The Bertz CT molecular complexity index is 568. The minimum Gasteiger partial charge on any atom is -0.342 e. The van der Waals surface area contributed by atoms with Gasteiger partial charge in [-0.3, -0.25) is 9.59 Å². The molecule has 0 saturated carbocycles. The molecule has 0 aromatic heterocycles. The number of carbonyl (C=O) groups is 2. The first kappa shape index (κ1) is 20.2. The third-order valence-electron chi connectivity index (χ3n) is 4.35. The minimum atomic E-state index is -0.521. The van der Waals surface area contributed by atoms with Crippen molar-refractivity contribution in [1.29, 1.82) is 0 Å². The van der Waals surface area contributed by atoms with E-state index < -0.39 is 6.04 Å². The molecular weight excluding hydrogens is 300 g/mol. The van der Waals surface area contributed by atoms with Crippen molar-refractivity contribution in [3.63, 3.8) is 0 Å². The summed E-state index contributed by atoms with van der Waals surface area (Å²) in [6.45, 7) is 14.2. The lowest BCUT2D eigenvalue weighted by molar-refractivity contribution is -0.134. The Morgan fingerprint density at radius 2 is 1.50 bits per heavy atom. The fourth-order valence-electron chi connectivity index (χ4n) is 2.33. The molecule has 0 radical (unpaired) electrons. The lowest BCUT2D eigenvalue weighted by Crippen LogP contribution is -2.51. The predicted molar refractivity (Wildman–Crippen MR) is 99.1 cm³/mol. The van der Waals surface area contributed by atoms with Gasteiger partial charge in [-0.1, -0.05) is 46.8 Å². The van der Waals surface area contributed by atoms with Gasteiger partial charge < -0.3 is 10.2 Å². The molecule has 134 valence electrons. The summed E-state index contributed by atoms with van der Waals surface area (Å²) in [5.41, 5.74) is 1.80. The molecule has 0 spiro atoms. The van der Waals surface area contributed by atoms with E-state index in [-0.39, 0.29) is 29.2 Å². The Morgan fingerprint density at radius 3 is 1.88 bits per heavy atom. The normalized spacial score (nSPS) is 13.1. The van der Waals surface area contributed by atoms with Crippen LogP contribution in [-0.2, 0) is 10.2 Å². The van der Waals surface area contributed by atoms with E-state index in [1.807, 2.05) is 52.0 Å². The summed E-state index contributed by atoms with van der Waals surface area (Å²) in [6, 6.07) is 7.17. The molecule has 1 unspecified atom stereocenters. The first-order valence-electron chi connectivity index (χ1n) is 8.63. The predicted octanol–water partition coefficient (Wildman–Crippen LogP) is 3.61. The lowest BCUT2D eigenvalue weighted by Gasteiger charge is -2.29. The Morgan fingerprint density at radius 1 is 1.00 bits per heavy atom. The second-order valence-corrected chi connectivity index (χ2v) is 8.07. The van der Waals surface area contributed by atoms with E-state index in [9.17, 15) is 9.59 Å². The van der Waals surface area contributed by atoms with Crippen LogP contribution >= 0.6 is 0 Å². The highest BCUT2D eigenvalue weighted by Gasteiger charge is 2.28. The van der Waals surface area contributed by atoms with E-state index in [1.54, 1.807) is 11.9 Å². The van der Waals surface area contributed by atoms with Crippen LogP contribution in [-0.4, -0.2) is 35.8 Å². The summed E-state index contributed by atoms with van der Waals surface area (Å²) in [5.74, 6) is -0.240. The number of likely N-dealkylation sites (N-methyl/N-ethyl adjacent to an activating group) is 1. The van der Waals surface area contributed by atoms with Gasteiger partial charge in [-0.2, -0.15) is 0 Å². The molecule has 1 atom stereocenters. The smallest absolute Gasteiger partial charge is 0.251 e. The van der Waals surface area contributed by atoms with Crippen LogP contribution in [0, 0.1) is 5.92 Å². The van der Waals surface area contributed by atoms with Crippen molar-refractivity contribution in [2.24, 2.45) is 5.92 Å². The maximum Gasteiger partial charge on any atom is 0.251 e. The highest BCUT2D eigenvalue weighted by molar-refractivity contribution is 5.97. The average molecular weight is 332 g/mol. The summed E-state index contributed by atoms with van der Waals surface area (Å²) in [4.78, 5) is 26.8. The minimum absolute atomic E-state index is 0.0245. The third-order valence-corrected chi connectivity index (χ3v) is 4.35. The topological polar surface area (TPSA) is 49.4 Å². The summed E-state index contributed by atoms with van der Waals surface area (Å²) < 4.78 is 0. The van der Waals surface area contributed by atoms with Crippen LogP contribution in [0.5, 0.6) is 0 Å². The van der Waals surface area contributed by atoms with Crippen LogP contribution in [0.2, 0.25) is 0 Å². The molecule has 1 N–H and O–H groups in total. The number of hydrogen-bond donors (Lipinski definition) is 1. The summed E-state index contributed by atoms with van der Waals surface area (Å²) >= 11 is 0. The maximum absolute atomic E-state index is 12.6. The molecule has 24 heavy (non-hydrogen) atoms. The third kappa shape index (κ3) is 5.08. The highest BCUT2D eigenvalue weighted by atomic mass is 16.2. The average Bonchev–Trinajstić information content (AvgIpc) is 2.49. The number of amides is 2. The molecule has 0 aliphatic carbocycles. The number of nitrogens with one attached hydrogen (secondary N) is 1. The Labute approximate surface area is 146 Å². The van der Waals surface area contributed by atoms with Crippen molar-refractivity contribution in [3.05, 3.63) is 35.4 Å². The molecule has 2 amide bonds. The largest absolute Gasteiger partial charge is 0.342 e. The van der Waals surface area contributed by atoms with Crippen LogP contribution < -0.4 is 5.32 Å². The maximum atomic E-state index is 12.6. The van der Waals surface area contributed by atoms with Crippen LogP contribution in [0.3, 0.4) is 0 Å². The SMILES string of the molecule is CC(C)C(NC(=O)c1ccc(C(C)(C)C)cc1)C(=O)N(C)C(C)C. The van der Waals surface area contributed by atoms with Gasteiger partial charge >= 0.3 is 0 Å². The van der Waals surface area contributed by atoms with Gasteiger partial charge in [0.25, 0.3) is 5.91 Å².